The highest BCUT2D eigenvalue weighted by atomic mass is 35.5. The molecule has 0 saturated carbocycles. The van der Waals surface area contributed by atoms with E-state index in [1.807, 2.05) is 36.4 Å². The van der Waals surface area contributed by atoms with E-state index in [0.717, 1.165) is 17.1 Å². The Morgan fingerprint density at radius 3 is 2.78 bits per heavy atom. The van der Waals surface area contributed by atoms with Crippen molar-refractivity contribution in [1.29, 1.82) is 0 Å². The fourth-order valence-corrected chi connectivity index (χ4v) is 3.13. The van der Waals surface area contributed by atoms with Gasteiger partial charge in [0.05, 0.1) is 10.0 Å². The molecule has 0 fully saturated rings. The van der Waals surface area contributed by atoms with Crippen LogP contribution in [0.2, 0.25) is 10.0 Å². The maximum Gasteiger partial charge on any atom is 0.227 e. The second-order valence-corrected chi connectivity index (χ2v) is 6.70. The Morgan fingerprint density at radius 1 is 1.09 bits per heavy atom. The molecule has 0 radical (unpaired) electrons. The van der Waals surface area contributed by atoms with Crippen LogP contribution in [0.25, 0.3) is 11.5 Å². The molecular weight excluding hydrogens is 353 g/mol. The van der Waals surface area contributed by atoms with Crippen LogP contribution in [0.15, 0.2) is 47.1 Å². The van der Waals surface area contributed by atoms with Crippen LogP contribution >= 0.6 is 35.0 Å². The molecule has 3 rings (SSSR count). The summed E-state index contributed by atoms with van der Waals surface area (Å²) in [4.78, 5) is 8.56. The van der Waals surface area contributed by atoms with Crippen LogP contribution in [0.1, 0.15) is 11.5 Å². The average molecular weight is 366 g/mol. The van der Waals surface area contributed by atoms with Crippen molar-refractivity contribution in [2.24, 2.45) is 0 Å². The van der Waals surface area contributed by atoms with Gasteiger partial charge in [-0.3, -0.25) is 4.98 Å². The number of pyridine rings is 1. The van der Waals surface area contributed by atoms with E-state index in [4.69, 9.17) is 27.7 Å². The smallest absolute Gasteiger partial charge is 0.227 e. The zero-order chi connectivity index (χ0) is 16.1. The molecule has 7 heteroatoms. The number of hydrogen-bond donors (Lipinski definition) is 0. The third-order valence-corrected chi connectivity index (χ3v) is 4.84. The molecule has 0 saturated heterocycles. The van der Waals surface area contributed by atoms with Gasteiger partial charge >= 0.3 is 0 Å². The minimum atomic E-state index is 0.523. The number of halogens is 2. The lowest BCUT2D eigenvalue weighted by Crippen LogP contribution is -1.91. The van der Waals surface area contributed by atoms with E-state index in [1.54, 1.807) is 18.0 Å². The lowest BCUT2D eigenvalue weighted by atomic mass is 10.2. The maximum atomic E-state index is 6.00. The van der Waals surface area contributed by atoms with Gasteiger partial charge in [-0.25, -0.2) is 0 Å². The highest BCUT2D eigenvalue weighted by Gasteiger charge is 2.09. The number of rotatable bonds is 6. The van der Waals surface area contributed by atoms with Crippen LogP contribution < -0.4 is 0 Å². The molecule has 0 aliphatic heterocycles. The molecule has 23 heavy (non-hydrogen) atoms. The number of thioether (sulfide) groups is 1. The lowest BCUT2D eigenvalue weighted by Gasteiger charge is -2.02. The van der Waals surface area contributed by atoms with Crippen LogP contribution in [0, 0.1) is 0 Å². The van der Waals surface area contributed by atoms with Crippen molar-refractivity contribution < 1.29 is 4.52 Å². The zero-order valence-corrected chi connectivity index (χ0v) is 14.4. The summed E-state index contributed by atoms with van der Waals surface area (Å²) < 4.78 is 5.25. The molecule has 4 nitrogen and oxygen atoms in total. The minimum Gasteiger partial charge on any atom is -0.339 e. The van der Waals surface area contributed by atoms with Crippen LogP contribution in [0.5, 0.6) is 0 Å². The molecule has 2 aromatic heterocycles. The Labute approximate surface area is 148 Å². The van der Waals surface area contributed by atoms with Crippen LogP contribution in [0.4, 0.5) is 0 Å². The molecule has 0 spiro atoms. The van der Waals surface area contributed by atoms with Gasteiger partial charge in [-0.2, -0.15) is 16.7 Å². The molecule has 0 N–H and O–H groups in total. The normalized spacial score (nSPS) is 10.9. The van der Waals surface area contributed by atoms with Gasteiger partial charge in [0, 0.05) is 24.1 Å². The molecule has 0 aliphatic carbocycles. The average Bonchev–Trinajstić information content (AvgIpc) is 3.05. The summed E-state index contributed by atoms with van der Waals surface area (Å²) in [5, 5.41) is 5.12. The van der Waals surface area contributed by atoms with Gasteiger partial charge in [-0.05, 0) is 29.8 Å². The van der Waals surface area contributed by atoms with Crippen molar-refractivity contribution in [3.05, 3.63) is 64.1 Å². The van der Waals surface area contributed by atoms with E-state index in [9.17, 15) is 0 Å². The molecule has 0 bridgehead atoms. The fraction of sp³-hybridized carbons (Fsp3) is 0.188. The van der Waals surface area contributed by atoms with Gasteiger partial charge in [-0.15, -0.1) is 0 Å². The number of hydrogen-bond acceptors (Lipinski definition) is 5. The molecule has 118 valence electrons. The van der Waals surface area contributed by atoms with Gasteiger partial charge < -0.3 is 4.52 Å². The van der Waals surface area contributed by atoms with Gasteiger partial charge in [0.25, 0.3) is 0 Å². The van der Waals surface area contributed by atoms with Crippen LogP contribution in [0.3, 0.4) is 0 Å². The topological polar surface area (TPSA) is 51.8 Å². The van der Waals surface area contributed by atoms with Crippen molar-refractivity contribution in [1.82, 2.24) is 15.1 Å². The second kappa shape index (κ2) is 7.81. The van der Waals surface area contributed by atoms with Gasteiger partial charge in [0.15, 0.2) is 0 Å². The Balaban J connectivity index is 1.49. The first-order valence-electron chi connectivity index (χ1n) is 6.98. The van der Waals surface area contributed by atoms with Crippen LogP contribution in [-0.2, 0) is 12.2 Å². The number of benzene rings is 1. The Bertz CT molecular complexity index is 780. The first-order valence-corrected chi connectivity index (χ1v) is 8.89. The standard InChI is InChI=1S/C16H13Cl2N3OS/c17-12-5-4-11(9-13(12)18)10-23-8-6-15-20-16(21-22-15)14-3-1-2-7-19-14/h1-5,7,9H,6,8,10H2. The summed E-state index contributed by atoms with van der Waals surface area (Å²) in [6.45, 7) is 0. The maximum absolute atomic E-state index is 6.00. The Hall–Kier alpha value is -1.56. The third-order valence-electron chi connectivity index (χ3n) is 3.08. The van der Waals surface area contributed by atoms with Crippen molar-refractivity contribution in [2.75, 3.05) is 5.75 Å². The van der Waals surface area contributed by atoms with E-state index < -0.39 is 0 Å². The van der Waals surface area contributed by atoms with Crippen LogP contribution in [-0.4, -0.2) is 20.9 Å². The number of aryl methyl sites for hydroxylation is 1. The summed E-state index contributed by atoms with van der Waals surface area (Å²) in [6.07, 6.45) is 2.42. The van der Waals surface area contributed by atoms with E-state index in [2.05, 4.69) is 15.1 Å². The monoisotopic (exact) mass is 365 g/mol. The number of nitrogens with zero attached hydrogens (tertiary/aromatic N) is 3. The summed E-state index contributed by atoms with van der Waals surface area (Å²) in [5.41, 5.74) is 1.86. The highest BCUT2D eigenvalue weighted by molar-refractivity contribution is 7.98. The zero-order valence-electron chi connectivity index (χ0n) is 12.1. The van der Waals surface area contributed by atoms with E-state index in [-0.39, 0.29) is 0 Å². The van der Waals surface area contributed by atoms with Gasteiger partial charge in [-0.1, -0.05) is 40.5 Å². The predicted octanol–water partition coefficient (Wildman–Crippen LogP) is 4.91. The lowest BCUT2D eigenvalue weighted by molar-refractivity contribution is 0.383. The molecule has 0 amide bonds. The molecule has 0 unspecified atom stereocenters. The minimum absolute atomic E-state index is 0.523. The molecule has 0 aliphatic rings. The fourth-order valence-electron chi connectivity index (χ4n) is 1.93. The van der Waals surface area contributed by atoms with Crippen molar-refractivity contribution in [2.45, 2.75) is 12.2 Å². The Morgan fingerprint density at radius 2 is 2.00 bits per heavy atom. The quantitative estimate of drug-likeness (QED) is 0.580. The van der Waals surface area contributed by atoms with E-state index in [0.29, 0.717) is 33.9 Å². The van der Waals surface area contributed by atoms with Crippen molar-refractivity contribution >= 4 is 35.0 Å². The molecule has 2 heterocycles. The van der Waals surface area contributed by atoms with Crippen molar-refractivity contribution in [3.63, 3.8) is 0 Å². The van der Waals surface area contributed by atoms with Gasteiger partial charge in [0.1, 0.15) is 5.69 Å². The second-order valence-electron chi connectivity index (χ2n) is 4.78. The summed E-state index contributed by atoms with van der Waals surface area (Å²) >= 11 is 13.7. The molecule has 0 atom stereocenters. The first-order chi connectivity index (χ1) is 11.2. The molecule has 1 aromatic carbocycles. The van der Waals surface area contributed by atoms with Crippen molar-refractivity contribution in [3.8, 4) is 11.5 Å². The third kappa shape index (κ3) is 4.47. The summed E-state index contributed by atoms with van der Waals surface area (Å²) in [6, 6.07) is 11.3. The first kappa shape index (κ1) is 16.3. The molecular formula is C16H13Cl2N3OS. The highest BCUT2D eigenvalue weighted by Crippen LogP contribution is 2.25. The van der Waals surface area contributed by atoms with E-state index in [1.165, 1.54) is 0 Å². The van der Waals surface area contributed by atoms with Gasteiger partial charge in [0.2, 0.25) is 11.7 Å². The predicted molar refractivity (Wildman–Crippen MR) is 93.9 cm³/mol. The van der Waals surface area contributed by atoms with E-state index >= 15 is 0 Å². The summed E-state index contributed by atoms with van der Waals surface area (Å²) in [7, 11) is 0. The largest absolute Gasteiger partial charge is 0.339 e. The Kier molecular flexibility index (Phi) is 5.54. The SMILES string of the molecule is Clc1ccc(CSCCc2nc(-c3ccccn3)no2)cc1Cl. The summed E-state index contributed by atoms with van der Waals surface area (Å²) in [5.74, 6) is 2.88. The number of aromatic nitrogens is 3. The molecule has 3 aromatic rings.